The number of rotatable bonds is 8. The first-order valence-electron chi connectivity index (χ1n) is 13.1. The summed E-state index contributed by atoms with van der Waals surface area (Å²) in [5, 5.41) is 1.07. The van der Waals surface area contributed by atoms with Crippen molar-refractivity contribution in [2.24, 2.45) is 0 Å². The number of piperazine rings is 1. The van der Waals surface area contributed by atoms with Crippen LogP contribution in [0.3, 0.4) is 0 Å². The number of carbonyl (C=O) groups is 1. The second kappa shape index (κ2) is 12.7. The SMILES string of the molecule is CC(c1cnc(=O)[nH]c1)c1cn(CC(=O)N2CCN(c3ccc(Cl)cc3)CC2)c(SCc2ccc(F)cc2)nc1=O. The highest BCUT2D eigenvalue weighted by atomic mass is 35.5. The number of nitrogens with zero attached hydrogens (tertiary/aromatic N) is 5. The third-order valence-corrected chi connectivity index (χ3v) is 8.37. The van der Waals surface area contributed by atoms with E-state index in [1.807, 2.05) is 36.1 Å². The number of aromatic nitrogens is 4. The molecule has 3 heterocycles. The predicted molar refractivity (Wildman–Crippen MR) is 157 cm³/mol. The summed E-state index contributed by atoms with van der Waals surface area (Å²) in [6.45, 7) is 4.30. The Morgan fingerprint density at radius 2 is 1.78 bits per heavy atom. The monoisotopic (exact) mass is 594 g/mol. The second-order valence-corrected chi connectivity index (χ2v) is 11.1. The first kappa shape index (κ1) is 28.6. The topological polar surface area (TPSA) is 104 Å². The molecule has 12 heteroatoms. The Kier molecular flexibility index (Phi) is 8.84. The highest BCUT2D eigenvalue weighted by Gasteiger charge is 2.24. The van der Waals surface area contributed by atoms with E-state index in [1.54, 1.807) is 22.9 Å². The highest BCUT2D eigenvalue weighted by molar-refractivity contribution is 7.98. The van der Waals surface area contributed by atoms with Crippen molar-refractivity contribution < 1.29 is 9.18 Å². The maximum Gasteiger partial charge on any atom is 0.344 e. The fourth-order valence-corrected chi connectivity index (χ4v) is 5.67. The zero-order chi connectivity index (χ0) is 28.9. The van der Waals surface area contributed by atoms with Crippen LogP contribution < -0.4 is 16.1 Å². The van der Waals surface area contributed by atoms with E-state index in [4.69, 9.17) is 11.6 Å². The van der Waals surface area contributed by atoms with Crippen molar-refractivity contribution in [2.45, 2.75) is 30.3 Å². The first-order valence-corrected chi connectivity index (χ1v) is 14.4. The minimum Gasteiger partial charge on any atom is -0.368 e. The molecule has 1 aliphatic rings. The Hall–Kier alpha value is -3.96. The number of amides is 1. The highest BCUT2D eigenvalue weighted by Crippen LogP contribution is 2.25. The van der Waals surface area contributed by atoms with E-state index < -0.39 is 17.2 Å². The summed E-state index contributed by atoms with van der Waals surface area (Å²) in [5.41, 5.74) is 2.03. The average molecular weight is 595 g/mol. The van der Waals surface area contributed by atoms with Crippen LogP contribution in [0.15, 0.2) is 81.9 Å². The number of nitrogens with one attached hydrogen (secondary N) is 1. The molecule has 1 amide bonds. The van der Waals surface area contributed by atoms with Crippen molar-refractivity contribution >= 4 is 35.0 Å². The summed E-state index contributed by atoms with van der Waals surface area (Å²) in [4.78, 5) is 52.7. The summed E-state index contributed by atoms with van der Waals surface area (Å²) in [6.07, 6.45) is 4.61. The zero-order valence-electron chi connectivity index (χ0n) is 22.3. The molecule has 9 nitrogen and oxygen atoms in total. The van der Waals surface area contributed by atoms with Crippen molar-refractivity contribution in [2.75, 3.05) is 31.1 Å². The van der Waals surface area contributed by atoms with Gasteiger partial charge < -0.3 is 19.4 Å². The van der Waals surface area contributed by atoms with Gasteiger partial charge in [-0.15, -0.1) is 0 Å². The molecule has 1 unspecified atom stereocenters. The van der Waals surface area contributed by atoms with Crippen LogP contribution in [-0.4, -0.2) is 56.5 Å². The fourth-order valence-electron chi connectivity index (χ4n) is 4.63. The molecular weight excluding hydrogens is 567 g/mol. The summed E-state index contributed by atoms with van der Waals surface area (Å²) in [7, 11) is 0. The lowest BCUT2D eigenvalue weighted by molar-refractivity contribution is -0.132. The lowest BCUT2D eigenvalue weighted by atomic mass is 9.98. The molecule has 41 heavy (non-hydrogen) atoms. The Balaban J connectivity index is 1.36. The van der Waals surface area contributed by atoms with Crippen molar-refractivity contribution in [1.29, 1.82) is 0 Å². The molecule has 4 aromatic rings. The third-order valence-electron chi connectivity index (χ3n) is 7.06. The largest absolute Gasteiger partial charge is 0.368 e. The van der Waals surface area contributed by atoms with Crippen LogP contribution in [0, 0.1) is 5.82 Å². The predicted octanol–water partition coefficient (Wildman–Crippen LogP) is 3.91. The molecular formula is C29H28ClFN6O3S. The van der Waals surface area contributed by atoms with E-state index in [0.29, 0.717) is 53.2 Å². The Morgan fingerprint density at radius 3 is 2.44 bits per heavy atom. The second-order valence-electron chi connectivity index (χ2n) is 9.74. The van der Waals surface area contributed by atoms with Gasteiger partial charge in [0, 0.05) is 72.7 Å². The molecule has 212 valence electrons. The van der Waals surface area contributed by atoms with Gasteiger partial charge >= 0.3 is 5.69 Å². The van der Waals surface area contributed by atoms with E-state index in [1.165, 1.54) is 36.3 Å². The Morgan fingerprint density at radius 1 is 1.07 bits per heavy atom. The van der Waals surface area contributed by atoms with Crippen molar-refractivity contribution in [3.63, 3.8) is 0 Å². The summed E-state index contributed by atoms with van der Waals surface area (Å²) in [6, 6.07) is 13.8. The molecule has 1 fully saturated rings. The van der Waals surface area contributed by atoms with Crippen molar-refractivity contribution in [3.05, 3.63) is 115 Å². The first-order chi connectivity index (χ1) is 19.8. The number of carbonyl (C=O) groups excluding carboxylic acids is 1. The zero-order valence-corrected chi connectivity index (χ0v) is 23.9. The van der Waals surface area contributed by atoms with Gasteiger partial charge in [0.1, 0.15) is 12.4 Å². The third kappa shape index (κ3) is 7.04. The molecule has 1 atom stereocenters. The standard InChI is InChI=1S/C29H28ClFN6O3S/c1-19(21-14-32-28(40)33-15-21)25-16-37(29(34-27(25)39)41-18-20-2-6-23(31)7-3-20)17-26(38)36-12-10-35(11-13-36)24-8-4-22(30)5-9-24/h2-9,14-16,19H,10-13,17-18H2,1H3,(H,32,33,40). The quantitative estimate of drug-likeness (QED) is 0.244. The van der Waals surface area contributed by atoms with Crippen molar-refractivity contribution in [3.8, 4) is 0 Å². The number of hydrogen-bond donors (Lipinski definition) is 1. The van der Waals surface area contributed by atoms with Gasteiger partial charge in [-0.2, -0.15) is 4.98 Å². The van der Waals surface area contributed by atoms with Gasteiger partial charge in [0.2, 0.25) is 5.91 Å². The summed E-state index contributed by atoms with van der Waals surface area (Å²) >= 11 is 7.32. The number of thioether (sulfide) groups is 1. The van der Waals surface area contributed by atoms with E-state index >= 15 is 0 Å². The van der Waals surface area contributed by atoms with Gasteiger partial charge in [0.05, 0.1) is 0 Å². The minimum atomic E-state index is -0.481. The van der Waals surface area contributed by atoms with Gasteiger partial charge in [0.25, 0.3) is 5.56 Å². The van der Waals surface area contributed by atoms with E-state index in [-0.39, 0.29) is 18.3 Å². The molecule has 1 N–H and O–H groups in total. The lowest BCUT2D eigenvalue weighted by Gasteiger charge is -2.36. The van der Waals surface area contributed by atoms with Crippen molar-refractivity contribution in [1.82, 2.24) is 24.4 Å². The number of benzene rings is 2. The van der Waals surface area contributed by atoms with Crippen LogP contribution in [0.4, 0.5) is 10.1 Å². The minimum absolute atomic E-state index is 0.00354. The lowest BCUT2D eigenvalue weighted by Crippen LogP contribution is -2.49. The normalized spacial score (nSPS) is 14.2. The molecule has 0 bridgehead atoms. The van der Waals surface area contributed by atoms with Crippen LogP contribution in [0.1, 0.15) is 29.5 Å². The van der Waals surface area contributed by atoms with Gasteiger partial charge in [-0.05, 0) is 47.5 Å². The van der Waals surface area contributed by atoms with Crippen LogP contribution in [-0.2, 0) is 17.1 Å². The number of H-pyrrole nitrogens is 1. The van der Waals surface area contributed by atoms with Gasteiger partial charge in [-0.3, -0.25) is 9.59 Å². The van der Waals surface area contributed by atoms with Gasteiger partial charge in [0.15, 0.2) is 5.16 Å². The summed E-state index contributed by atoms with van der Waals surface area (Å²) < 4.78 is 15.1. The van der Waals surface area contributed by atoms with Gasteiger partial charge in [-0.1, -0.05) is 42.4 Å². The van der Waals surface area contributed by atoms with Crippen LogP contribution in [0.5, 0.6) is 0 Å². The van der Waals surface area contributed by atoms with E-state index in [2.05, 4.69) is 19.9 Å². The molecule has 0 aliphatic carbocycles. The number of halogens is 2. The molecule has 2 aromatic heterocycles. The fraction of sp³-hybridized carbons (Fsp3) is 0.276. The maximum absolute atomic E-state index is 13.5. The average Bonchev–Trinajstić information content (AvgIpc) is 2.98. The maximum atomic E-state index is 13.5. The van der Waals surface area contributed by atoms with Gasteiger partial charge in [-0.25, -0.2) is 14.2 Å². The molecule has 0 radical (unpaired) electrons. The molecule has 1 saturated heterocycles. The Labute approximate surface area is 245 Å². The molecule has 2 aromatic carbocycles. The molecule has 0 saturated carbocycles. The van der Waals surface area contributed by atoms with E-state index in [0.717, 1.165) is 11.3 Å². The smallest absolute Gasteiger partial charge is 0.344 e. The van der Waals surface area contributed by atoms with Crippen LogP contribution >= 0.6 is 23.4 Å². The molecule has 1 aliphatic heterocycles. The number of anilines is 1. The summed E-state index contributed by atoms with van der Waals surface area (Å²) in [5.74, 6) is -0.385. The van der Waals surface area contributed by atoms with Crippen LogP contribution in [0.2, 0.25) is 5.02 Å². The Bertz CT molecular complexity index is 1620. The molecule has 0 spiro atoms. The molecule has 5 rings (SSSR count). The number of aromatic amines is 1. The van der Waals surface area contributed by atoms with E-state index in [9.17, 15) is 18.8 Å². The number of hydrogen-bond acceptors (Lipinski definition) is 7. The van der Waals surface area contributed by atoms with Crippen LogP contribution in [0.25, 0.3) is 0 Å².